The molecule has 0 heterocycles. The topological polar surface area (TPSA) is 0 Å². The first-order chi connectivity index (χ1) is 15.8. The molecule has 0 saturated heterocycles. The van der Waals surface area contributed by atoms with Gasteiger partial charge in [0.15, 0.2) is 0 Å². The molecule has 0 fully saturated rings. The van der Waals surface area contributed by atoms with Gasteiger partial charge in [0.05, 0.1) is 0 Å². The predicted molar refractivity (Wildman–Crippen MR) is 142 cm³/mol. The van der Waals surface area contributed by atoms with Crippen molar-refractivity contribution < 1.29 is 25.8 Å². The first kappa shape index (κ1) is 27.3. The second-order valence-electron chi connectivity index (χ2n) is 7.73. The van der Waals surface area contributed by atoms with Crippen molar-refractivity contribution in [3.63, 3.8) is 0 Å². The fraction of sp³-hybridized carbons (Fsp3) is 0.0606. The zero-order chi connectivity index (χ0) is 22.0. The van der Waals surface area contributed by atoms with Gasteiger partial charge in [0, 0.05) is 0 Å². The molecule has 5 aromatic rings. The van der Waals surface area contributed by atoms with Gasteiger partial charge in [-0.15, -0.1) is 11.5 Å². The van der Waals surface area contributed by atoms with Crippen molar-refractivity contribution >= 4 is 0 Å². The van der Waals surface area contributed by atoms with E-state index in [9.17, 15) is 0 Å². The molecule has 0 atom stereocenters. The van der Waals surface area contributed by atoms with Gasteiger partial charge in [0.2, 0.25) is 0 Å². The Kier molecular flexibility index (Phi) is 11.6. The summed E-state index contributed by atoms with van der Waals surface area (Å²) in [7, 11) is 0. The summed E-state index contributed by atoms with van der Waals surface area (Å²) >= 11 is 0. The quantitative estimate of drug-likeness (QED) is 0.137. The Labute approximate surface area is 224 Å². The van der Waals surface area contributed by atoms with Gasteiger partial charge >= 0.3 is 25.8 Å². The van der Waals surface area contributed by atoms with E-state index >= 15 is 0 Å². The van der Waals surface area contributed by atoms with Crippen molar-refractivity contribution in [2.24, 2.45) is 0 Å². The first-order valence-electron chi connectivity index (χ1n) is 11.0. The maximum absolute atomic E-state index is 4.18. The summed E-state index contributed by atoms with van der Waals surface area (Å²) in [5.74, 6) is 0.234. The molecule has 0 aliphatic heterocycles. The van der Waals surface area contributed by atoms with E-state index in [2.05, 4.69) is 97.9 Å². The Hall–Kier alpha value is -2.90. The van der Waals surface area contributed by atoms with Crippen molar-refractivity contribution in [3.05, 3.63) is 176 Å². The molecule has 34 heavy (non-hydrogen) atoms. The van der Waals surface area contributed by atoms with Crippen LogP contribution in [0.5, 0.6) is 0 Å². The van der Waals surface area contributed by atoms with Gasteiger partial charge in [0.1, 0.15) is 0 Å². The maximum Gasteiger partial charge on any atom is 4.00 e. The zero-order valence-electron chi connectivity index (χ0n) is 19.7. The minimum atomic E-state index is 0. The van der Waals surface area contributed by atoms with Crippen LogP contribution in [0.25, 0.3) is 11.1 Å². The first-order valence-corrected chi connectivity index (χ1v) is 11.0. The van der Waals surface area contributed by atoms with E-state index in [-0.39, 0.29) is 39.2 Å². The van der Waals surface area contributed by atoms with Gasteiger partial charge in [0.25, 0.3) is 0 Å². The van der Waals surface area contributed by atoms with Gasteiger partial charge in [-0.1, -0.05) is 107 Å². The minimum Gasteiger partial charge on any atom is -0.358 e. The molecule has 1 aliphatic carbocycles. The molecular formula is C33H30Hf. The normalized spacial score (nSPS) is 10.2. The van der Waals surface area contributed by atoms with E-state index < -0.39 is 0 Å². The molecule has 166 valence electrons. The fourth-order valence-electron chi connectivity index (χ4n) is 3.88. The largest absolute Gasteiger partial charge is 4.00 e. The van der Waals surface area contributed by atoms with Crippen LogP contribution >= 0.6 is 0 Å². The third-order valence-corrected chi connectivity index (χ3v) is 5.58. The van der Waals surface area contributed by atoms with Crippen LogP contribution in [-0.4, -0.2) is 0 Å². The van der Waals surface area contributed by atoms with Crippen molar-refractivity contribution in [1.82, 2.24) is 0 Å². The summed E-state index contributed by atoms with van der Waals surface area (Å²) < 4.78 is 0. The van der Waals surface area contributed by atoms with Gasteiger partial charge in [-0.3, -0.25) is 0 Å². The Morgan fingerprint density at radius 1 is 0.647 bits per heavy atom. The van der Waals surface area contributed by atoms with Crippen LogP contribution in [0.15, 0.2) is 133 Å². The van der Waals surface area contributed by atoms with Crippen LogP contribution in [0.4, 0.5) is 0 Å². The number of benzene rings is 4. The molecule has 5 aromatic carbocycles. The van der Waals surface area contributed by atoms with Crippen LogP contribution < -0.4 is 0 Å². The average molecular weight is 605 g/mol. The molecule has 0 saturated carbocycles. The molecule has 0 amide bonds. The van der Waals surface area contributed by atoms with Crippen molar-refractivity contribution in [1.29, 1.82) is 0 Å². The van der Waals surface area contributed by atoms with Crippen LogP contribution in [0, 0.1) is 20.4 Å². The number of hydrogen-bond acceptors (Lipinski definition) is 0. The van der Waals surface area contributed by atoms with E-state index in [0.29, 0.717) is 0 Å². The molecule has 1 aliphatic rings. The number of hydrogen-bond donors (Lipinski definition) is 0. The Bertz CT molecular complexity index is 1090. The molecular weight excluding hydrogens is 575 g/mol. The Morgan fingerprint density at radius 2 is 1.18 bits per heavy atom. The monoisotopic (exact) mass is 606 g/mol. The molecule has 6 rings (SSSR count). The van der Waals surface area contributed by atoms with Crippen LogP contribution in [0.1, 0.15) is 28.2 Å². The Balaban J connectivity index is 0.000000191. The van der Waals surface area contributed by atoms with E-state index in [0.717, 1.165) is 6.42 Å². The van der Waals surface area contributed by atoms with Crippen LogP contribution in [-0.2, 0) is 32.3 Å². The summed E-state index contributed by atoms with van der Waals surface area (Å²) in [5.41, 5.74) is 8.04. The van der Waals surface area contributed by atoms with Crippen molar-refractivity contribution in [3.8, 4) is 11.1 Å². The summed E-state index contributed by atoms with van der Waals surface area (Å²) in [6.45, 7) is 4.18. The zero-order valence-corrected chi connectivity index (χ0v) is 23.3. The second-order valence-corrected chi connectivity index (χ2v) is 7.73. The maximum atomic E-state index is 4.18. The third kappa shape index (κ3) is 7.30. The van der Waals surface area contributed by atoms with Gasteiger partial charge in [-0.25, -0.2) is 12.1 Å². The summed E-state index contributed by atoms with van der Waals surface area (Å²) in [4.78, 5) is 0. The SMILES string of the molecule is [CH2-]C(c1ccccc1)c1ccccc1.[CH3-].[Hf+4].[c-]1cccc2c1Cc1ccccc1-2.c1cc[cH-]c1. The van der Waals surface area contributed by atoms with E-state index in [1.165, 1.54) is 33.4 Å². The standard InChI is InChI=1S/C14H13.C13H9.C5H5.CH3.Hf/c1-12(13-8-4-2-5-9-13)14-10-6-3-7-11-14;1-3-7-12-10(5-1)9-11-6-2-4-8-13(11)12;1-2-4-5-3-1;;/h2-12H,1H2;1-5,7-8H,9H2;1-5H;1H3;/q4*-1;+4. The van der Waals surface area contributed by atoms with Crippen LogP contribution in [0.2, 0.25) is 0 Å². The summed E-state index contributed by atoms with van der Waals surface area (Å²) in [6.07, 6.45) is 1.05. The minimum absolute atomic E-state index is 0. The van der Waals surface area contributed by atoms with E-state index in [1.807, 2.05) is 48.5 Å². The molecule has 0 spiro atoms. The number of fused-ring (bicyclic) bond motifs is 3. The number of rotatable bonds is 2. The molecule has 0 bridgehead atoms. The smallest absolute Gasteiger partial charge is 0.358 e. The van der Waals surface area contributed by atoms with E-state index in [4.69, 9.17) is 0 Å². The Morgan fingerprint density at radius 3 is 1.74 bits per heavy atom. The van der Waals surface area contributed by atoms with Gasteiger partial charge < -0.3 is 14.4 Å². The van der Waals surface area contributed by atoms with E-state index in [1.54, 1.807) is 0 Å². The van der Waals surface area contributed by atoms with Crippen LogP contribution in [0.3, 0.4) is 0 Å². The second kappa shape index (κ2) is 14.4. The predicted octanol–water partition coefficient (Wildman–Crippen LogP) is 8.56. The summed E-state index contributed by atoms with van der Waals surface area (Å²) in [5, 5.41) is 0. The third-order valence-electron chi connectivity index (χ3n) is 5.58. The molecule has 1 heteroatoms. The van der Waals surface area contributed by atoms with Gasteiger partial charge in [-0.05, 0) is 6.42 Å². The van der Waals surface area contributed by atoms with Gasteiger partial charge in [-0.2, -0.15) is 48.0 Å². The molecule has 0 radical (unpaired) electrons. The molecule has 0 aromatic heterocycles. The van der Waals surface area contributed by atoms with Crippen molar-refractivity contribution in [2.45, 2.75) is 12.3 Å². The fourth-order valence-corrected chi connectivity index (χ4v) is 3.88. The molecule has 0 nitrogen and oxygen atoms in total. The average Bonchev–Trinajstić information content (AvgIpc) is 3.57. The molecule has 0 N–H and O–H groups in total. The van der Waals surface area contributed by atoms with Crippen molar-refractivity contribution in [2.75, 3.05) is 0 Å². The summed E-state index contributed by atoms with van der Waals surface area (Å²) in [6, 6.07) is 48.8. The molecule has 0 unspecified atom stereocenters.